The Bertz CT molecular complexity index is 1270. The molecule has 2 N–H and O–H groups in total. The van der Waals surface area contributed by atoms with E-state index in [1.54, 1.807) is 6.92 Å². The summed E-state index contributed by atoms with van der Waals surface area (Å²) < 4.78 is 58.2. The number of aromatic nitrogens is 3. The van der Waals surface area contributed by atoms with Crippen LogP contribution in [0.25, 0.3) is 11.0 Å². The fourth-order valence-corrected chi connectivity index (χ4v) is 5.22. The van der Waals surface area contributed by atoms with Gasteiger partial charge in [0.15, 0.2) is 0 Å². The van der Waals surface area contributed by atoms with Crippen molar-refractivity contribution < 1.29 is 19.0 Å². The van der Waals surface area contributed by atoms with E-state index < -0.39 is 40.1 Å². The zero-order valence-electron chi connectivity index (χ0n) is 21.1. The van der Waals surface area contributed by atoms with E-state index in [2.05, 4.69) is 15.3 Å². The minimum atomic E-state index is -3.34. The summed E-state index contributed by atoms with van der Waals surface area (Å²) in [6.07, 6.45) is 4.58. The number of nitrogens with zero attached hydrogens (tertiary/aromatic N) is 4. The van der Waals surface area contributed by atoms with Crippen LogP contribution in [-0.4, -0.2) is 63.3 Å². The van der Waals surface area contributed by atoms with Gasteiger partial charge in [-0.05, 0) is 51.9 Å². The molecule has 0 radical (unpaired) electrons. The molecule has 30 heavy (non-hydrogen) atoms. The van der Waals surface area contributed by atoms with Crippen molar-refractivity contribution in [1.82, 2.24) is 18.8 Å². The van der Waals surface area contributed by atoms with Crippen LogP contribution in [0.4, 0.5) is 5.95 Å². The first-order valence-electron chi connectivity index (χ1n) is 12.0. The van der Waals surface area contributed by atoms with Gasteiger partial charge in [0.1, 0.15) is 5.65 Å². The number of anilines is 1. The Morgan fingerprint density at radius 2 is 2.10 bits per heavy atom. The van der Waals surface area contributed by atoms with Crippen LogP contribution < -0.4 is 10.9 Å². The van der Waals surface area contributed by atoms with E-state index in [1.807, 2.05) is 0 Å². The minimum absolute atomic E-state index is 0.0720. The number of nitrogens with one attached hydrogen (secondary N) is 1. The number of pyridine rings is 1. The van der Waals surface area contributed by atoms with Gasteiger partial charge in [-0.25, -0.2) is 17.7 Å². The van der Waals surface area contributed by atoms with Crippen molar-refractivity contribution in [3.8, 4) is 0 Å². The van der Waals surface area contributed by atoms with Gasteiger partial charge in [0, 0.05) is 40.4 Å². The summed E-state index contributed by atoms with van der Waals surface area (Å²) in [5.74, 6) is 0.0720. The molecule has 164 valence electrons. The highest BCUT2D eigenvalue weighted by Crippen LogP contribution is 2.39. The Morgan fingerprint density at radius 3 is 2.70 bits per heavy atom. The summed E-state index contributed by atoms with van der Waals surface area (Å²) in [6.45, 7) is -0.659. The maximum Gasteiger partial charge on any atom is 0.255 e. The van der Waals surface area contributed by atoms with E-state index >= 15 is 0 Å². The molecule has 2 aromatic rings. The van der Waals surface area contributed by atoms with E-state index in [4.69, 9.17) is 5.48 Å². The summed E-state index contributed by atoms with van der Waals surface area (Å²) in [7, 11) is -3.34. The van der Waals surface area contributed by atoms with Crippen molar-refractivity contribution in [3.63, 3.8) is 0 Å². The quantitative estimate of drug-likeness (QED) is 0.740. The smallest absolute Gasteiger partial charge is 0.255 e. The van der Waals surface area contributed by atoms with Crippen molar-refractivity contribution >= 4 is 27.0 Å². The third-order valence-electron chi connectivity index (χ3n) is 6.05. The van der Waals surface area contributed by atoms with Gasteiger partial charge in [0.25, 0.3) is 5.56 Å². The second kappa shape index (κ2) is 7.58. The average Bonchev–Trinajstić information content (AvgIpc) is 3.04. The predicted molar refractivity (Wildman–Crippen MR) is 115 cm³/mol. The third-order valence-corrected chi connectivity index (χ3v) is 7.35. The Balaban J connectivity index is 1.76. The molecule has 4 rings (SSSR count). The maximum atomic E-state index is 13.3. The zero-order chi connectivity index (χ0) is 25.1. The molecule has 2 fully saturated rings. The van der Waals surface area contributed by atoms with Gasteiger partial charge in [-0.3, -0.25) is 9.36 Å². The molecule has 0 aromatic carbocycles. The third kappa shape index (κ3) is 3.95. The van der Waals surface area contributed by atoms with Crippen LogP contribution in [0.1, 0.15) is 56.1 Å². The SMILES string of the molecule is [2H]C1(Nc2ncc3cc(C([2H])([2H])[2H])c(=O)n(C4CCCC4(C)O)c3n2)CCN(S(C)(=O)=O)CC1. The van der Waals surface area contributed by atoms with Crippen LogP contribution in [0.5, 0.6) is 0 Å². The summed E-state index contributed by atoms with van der Waals surface area (Å²) in [4.78, 5) is 22.0. The standard InChI is InChI=1S/C20H29N5O4S/c1-13-11-14-12-21-19(22-15-6-9-24(10-7-15)30(3,28)29)23-17(14)25(18(13)26)16-5-4-8-20(16,2)27/h11-12,15-16,27H,4-10H2,1-3H3,(H,21,22,23)/i1D3,15D. The summed E-state index contributed by atoms with van der Waals surface area (Å²) in [5.41, 5.74) is -2.12. The Labute approximate surface area is 181 Å². The average molecular weight is 440 g/mol. The van der Waals surface area contributed by atoms with Crippen molar-refractivity contribution in [2.24, 2.45) is 0 Å². The largest absolute Gasteiger partial charge is 0.388 e. The van der Waals surface area contributed by atoms with Crippen LogP contribution in [0, 0.1) is 6.85 Å². The second-order valence-corrected chi connectivity index (χ2v) is 10.3. The fourth-order valence-electron chi connectivity index (χ4n) is 4.38. The van der Waals surface area contributed by atoms with Gasteiger partial charge in [0.05, 0.1) is 19.3 Å². The molecular weight excluding hydrogens is 406 g/mol. The highest BCUT2D eigenvalue weighted by Gasteiger charge is 2.39. The number of hydrogen-bond donors (Lipinski definition) is 2. The molecule has 2 aromatic heterocycles. The molecule has 1 aliphatic carbocycles. The first-order chi connectivity index (χ1) is 15.6. The van der Waals surface area contributed by atoms with Gasteiger partial charge in [-0.15, -0.1) is 0 Å². The first kappa shape index (κ1) is 16.6. The number of fused-ring (bicyclic) bond motifs is 1. The van der Waals surface area contributed by atoms with Crippen LogP contribution >= 0.6 is 0 Å². The van der Waals surface area contributed by atoms with Gasteiger partial charge >= 0.3 is 0 Å². The molecule has 10 heteroatoms. The normalized spacial score (nSPS) is 29.8. The van der Waals surface area contributed by atoms with Gasteiger partial charge in [-0.1, -0.05) is 0 Å². The predicted octanol–water partition coefficient (Wildman–Crippen LogP) is 1.41. The molecule has 2 unspecified atom stereocenters. The summed E-state index contributed by atoms with van der Waals surface area (Å²) in [6, 6.07) is -0.608. The fraction of sp³-hybridized carbons (Fsp3) is 0.650. The number of aryl methyl sites for hydroxylation is 1. The lowest BCUT2D eigenvalue weighted by molar-refractivity contribution is 0.0266. The Kier molecular flexibility index (Phi) is 4.20. The maximum absolute atomic E-state index is 13.3. The molecule has 1 aliphatic heterocycles. The van der Waals surface area contributed by atoms with Crippen LogP contribution in [0.15, 0.2) is 17.1 Å². The van der Waals surface area contributed by atoms with E-state index in [1.165, 1.54) is 21.1 Å². The molecule has 2 atom stereocenters. The van der Waals surface area contributed by atoms with Gasteiger partial charge in [-0.2, -0.15) is 4.98 Å². The molecule has 1 saturated carbocycles. The van der Waals surface area contributed by atoms with Crippen LogP contribution in [0.2, 0.25) is 0 Å². The van der Waals surface area contributed by atoms with Gasteiger partial charge in [0.2, 0.25) is 16.0 Å². The van der Waals surface area contributed by atoms with Crippen molar-refractivity contribution in [2.45, 2.75) is 63.5 Å². The number of aliphatic hydroxyl groups is 1. The number of sulfonamides is 1. The van der Waals surface area contributed by atoms with Crippen molar-refractivity contribution in [2.75, 3.05) is 24.7 Å². The second-order valence-electron chi connectivity index (χ2n) is 8.36. The molecule has 2 aliphatic rings. The topological polar surface area (TPSA) is 117 Å². The Morgan fingerprint density at radius 1 is 1.37 bits per heavy atom. The number of rotatable bonds is 4. The lowest BCUT2D eigenvalue weighted by Gasteiger charge is -2.31. The number of hydrogen-bond acceptors (Lipinski definition) is 7. The van der Waals surface area contributed by atoms with E-state index in [0.29, 0.717) is 24.6 Å². The van der Waals surface area contributed by atoms with E-state index in [0.717, 1.165) is 6.26 Å². The van der Waals surface area contributed by atoms with Crippen molar-refractivity contribution in [3.05, 3.63) is 28.2 Å². The summed E-state index contributed by atoms with van der Waals surface area (Å²) >= 11 is 0. The highest BCUT2D eigenvalue weighted by atomic mass is 32.2. The molecule has 0 spiro atoms. The monoisotopic (exact) mass is 439 g/mol. The van der Waals surface area contributed by atoms with E-state index in [-0.39, 0.29) is 43.1 Å². The molecule has 0 bridgehead atoms. The molecular formula is C20H29N5O4S. The van der Waals surface area contributed by atoms with Gasteiger partial charge < -0.3 is 10.4 Å². The Hall–Kier alpha value is -2.04. The molecule has 0 amide bonds. The molecule has 3 heterocycles. The zero-order valence-corrected chi connectivity index (χ0v) is 17.9. The first-order valence-corrected chi connectivity index (χ1v) is 11.8. The lowest BCUT2D eigenvalue weighted by Crippen LogP contribution is -2.42. The lowest BCUT2D eigenvalue weighted by atomic mass is 9.99. The highest BCUT2D eigenvalue weighted by molar-refractivity contribution is 7.88. The summed E-state index contributed by atoms with van der Waals surface area (Å²) in [5, 5.41) is 14.2. The van der Waals surface area contributed by atoms with Crippen LogP contribution in [-0.2, 0) is 10.0 Å². The molecule has 9 nitrogen and oxygen atoms in total. The number of piperidine rings is 1. The van der Waals surface area contributed by atoms with Crippen LogP contribution in [0.3, 0.4) is 0 Å². The van der Waals surface area contributed by atoms with Crippen molar-refractivity contribution in [1.29, 1.82) is 0 Å². The van der Waals surface area contributed by atoms with E-state index in [9.17, 15) is 18.3 Å². The molecule has 1 saturated heterocycles. The minimum Gasteiger partial charge on any atom is -0.388 e.